The highest BCUT2D eigenvalue weighted by atomic mass is 32.1. The van der Waals surface area contributed by atoms with Gasteiger partial charge in [-0.15, -0.1) is 11.3 Å². The Balaban J connectivity index is 1.58. The van der Waals surface area contributed by atoms with Gasteiger partial charge >= 0.3 is 0 Å². The third kappa shape index (κ3) is 2.62. The minimum atomic E-state index is 0.318. The monoisotopic (exact) mass is 267 g/mol. The van der Waals surface area contributed by atoms with Crippen molar-refractivity contribution in [1.29, 1.82) is 0 Å². The summed E-state index contributed by atoms with van der Waals surface area (Å²) in [6.45, 7) is 3.01. The number of likely N-dealkylation sites (tertiary alicyclic amines) is 1. The van der Waals surface area contributed by atoms with Crippen molar-refractivity contribution in [3.8, 4) is 0 Å². The van der Waals surface area contributed by atoms with Gasteiger partial charge in [0.25, 0.3) is 0 Å². The van der Waals surface area contributed by atoms with Crippen LogP contribution in [0.5, 0.6) is 0 Å². The lowest BCUT2D eigenvalue weighted by Gasteiger charge is -2.35. The molecule has 1 aromatic rings. The Labute approximate surface area is 113 Å². The van der Waals surface area contributed by atoms with E-state index >= 15 is 0 Å². The highest BCUT2D eigenvalue weighted by Crippen LogP contribution is 2.32. The van der Waals surface area contributed by atoms with E-state index < -0.39 is 0 Å². The van der Waals surface area contributed by atoms with Gasteiger partial charge in [-0.1, -0.05) is 6.07 Å². The summed E-state index contributed by atoms with van der Waals surface area (Å²) in [5, 5.41) is 2.16. The van der Waals surface area contributed by atoms with Crippen LogP contribution in [-0.4, -0.2) is 43.4 Å². The molecule has 2 aliphatic heterocycles. The van der Waals surface area contributed by atoms with Gasteiger partial charge in [0, 0.05) is 31.1 Å². The Morgan fingerprint density at radius 1 is 1.44 bits per heavy atom. The molecule has 2 fully saturated rings. The SMILES string of the molecule is COC[C@H]1CC[C@@H]2[C@@H](CCN2Cc2cccs2)O1. The third-order valence-corrected chi connectivity index (χ3v) is 4.90. The fourth-order valence-electron chi connectivity index (χ4n) is 3.19. The van der Waals surface area contributed by atoms with E-state index in [1.165, 1.54) is 24.3 Å². The van der Waals surface area contributed by atoms with E-state index in [0.29, 0.717) is 18.2 Å². The fourth-order valence-corrected chi connectivity index (χ4v) is 3.92. The van der Waals surface area contributed by atoms with Crippen LogP contribution in [0.15, 0.2) is 17.5 Å². The topological polar surface area (TPSA) is 21.7 Å². The van der Waals surface area contributed by atoms with Crippen LogP contribution in [0.4, 0.5) is 0 Å². The molecule has 3 nitrogen and oxygen atoms in total. The second-order valence-electron chi connectivity index (χ2n) is 5.24. The van der Waals surface area contributed by atoms with E-state index in [1.807, 2.05) is 11.3 Å². The summed E-state index contributed by atoms with van der Waals surface area (Å²) in [5.74, 6) is 0. The number of fused-ring (bicyclic) bond motifs is 1. The summed E-state index contributed by atoms with van der Waals surface area (Å²) in [7, 11) is 1.76. The van der Waals surface area contributed by atoms with Crippen LogP contribution >= 0.6 is 11.3 Å². The molecule has 0 aromatic carbocycles. The molecular formula is C14H21NO2S. The standard InChI is InChI=1S/C14H21NO2S/c1-16-10-11-4-5-13-14(17-11)6-7-15(13)9-12-3-2-8-18-12/h2-3,8,11,13-14H,4-7,9-10H2,1H3/t11-,13-,14-/m1/s1. The van der Waals surface area contributed by atoms with Gasteiger partial charge in [-0.2, -0.15) is 0 Å². The van der Waals surface area contributed by atoms with Crippen LogP contribution in [-0.2, 0) is 16.0 Å². The largest absolute Gasteiger partial charge is 0.382 e. The molecule has 0 amide bonds. The molecule has 0 bridgehead atoms. The van der Waals surface area contributed by atoms with Crippen molar-refractivity contribution < 1.29 is 9.47 Å². The van der Waals surface area contributed by atoms with E-state index in [2.05, 4.69) is 22.4 Å². The van der Waals surface area contributed by atoms with E-state index in [-0.39, 0.29) is 0 Å². The summed E-state index contributed by atoms with van der Waals surface area (Å²) in [6, 6.07) is 5.00. The predicted molar refractivity (Wildman–Crippen MR) is 72.9 cm³/mol. The molecule has 2 aliphatic rings. The Morgan fingerprint density at radius 2 is 2.39 bits per heavy atom. The van der Waals surface area contributed by atoms with Crippen molar-refractivity contribution in [2.24, 2.45) is 0 Å². The highest BCUT2D eigenvalue weighted by Gasteiger charge is 2.39. The normalized spacial score (nSPS) is 32.6. The van der Waals surface area contributed by atoms with Crippen LogP contribution < -0.4 is 0 Å². The molecule has 3 heterocycles. The van der Waals surface area contributed by atoms with Crippen molar-refractivity contribution in [2.75, 3.05) is 20.3 Å². The molecule has 4 heteroatoms. The average molecular weight is 267 g/mol. The van der Waals surface area contributed by atoms with Crippen molar-refractivity contribution in [3.05, 3.63) is 22.4 Å². The second kappa shape index (κ2) is 5.70. The van der Waals surface area contributed by atoms with Crippen molar-refractivity contribution in [3.63, 3.8) is 0 Å². The number of hydrogen-bond donors (Lipinski definition) is 0. The fraction of sp³-hybridized carbons (Fsp3) is 0.714. The van der Waals surface area contributed by atoms with E-state index in [1.54, 1.807) is 7.11 Å². The summed E-state index contributed by atoms with van der Waals surface area (Å²) in [4.78, 5) is 4.06. The third-order valence-electron chi connectivity index (χ3n) is 4.04. The lowest BCUT2D eigenvalue weighted by atomic mass is 9.99. The smallest absolute Gasteiger partial charge is 0.0813 e. The Morgan fingerprint density at radius 3 is 3.17 bits per heavy atom. The lowest BCUT2D eigenvalue weighted by Crippen LogP contribution is -2.43. The first-order chi connectivity index (χ1) is 8.86. The Bertz CT molecular complexity index is 368. The number of nitrogens with zero attached hydrogens (tertiary/aromatic N) is 1. The first-order valence-corrected chi connectivity index (χ1v) is 7.65. The maximum Gasteiger partial charge on any atom is 0.0813 e. The molecule has 18 heavy (non-hydrogen) atoms. The van der Waals surface area contributed by atoms with Crippen LogP contribution in [0.3, 0.4) is 0 Å². The molecule has 3 rings (SSSR count). The summed E-state index contributed by atoms with van der Waals surface area (Å²) in [6.07, 6.45) is 4.31. The van der Waals surface area contributed by atoms with Crippen LogP contribution in [0.2, 0.25) is 0 Å². The minimum Gasteiger partial charge on any atom is -0.382 e. The van der Waals surface area contributed by atoms with Gasteiger partial charge < -0.3 is 9.47 Å². The van der Waals surface area contributed by atoms with Crippen LogP contribution in [0, 0.1) is 0 Å². The van der Waals surface area contributed by atoms with E-state index in [9.17, 15) is 0 Å². The van der Waals surface area contributed by atoms with Crippen molar-refractivity contribution >= 4 is 11.3 Å². The molecule has 0 unspecified atom stereocenters. The van der Waals surface area contributed by atoms with Gasteiger partial charge in [0.05, 0.1) is 18.8 Å². The van der Waals surface area contributed by atoms with Gasteiger partial charge in [-0.3, -0.25) is 4.90 Å². The molecule has 0 N–H and O–H groups in total. The van der Waals surface area contributed by atoms with Gasteiger partial charge in [0.15, 0.2) is 0 Å². The Hall–Kier alpha value is -0.420. The maximum atomic E-state index is 6.14. The van der Waals surface area contributed by atoms with Crippen molar-refractivity contribution in [1.82, 2.24) is 4.90 Å². The molecule has 1 aromatic heterocycles. The molecule has 0 saturated carbocycles. The zero-order valence-corrected chi connectivity index (χ0v) is 11.7. The van der Waals surface area contributed by atoms with Crippen LogP contribution in [0.1, 0.15) is 24.1 Å². The number of rotatable bonds is 4. The van der Waals surface area contributed by atoms with E-state index in [4.69, 9.17) is 9.47 Å². The molecule has 0 aliphatic carbocycles. The first kappa shape index (κ1) is 12.6. The molecular weight excluding hydrogens is 246 g/mol. The quantitative estimate of drug-likeness (QED) is 0.836. The lowest BCUT2D eigenvalue weighted by molar-refractivity contribution is -0.0938. The average Bonchev–Trinajstić information content (AvgIpc) is 3.00. The molecule has 100 valence electrons. The second-order valence-corrected chi connectivity index (χ2v) is 6.27. The first-order valence-electron chi connectivity index (χ1n) is 6.77. The number of ether oxygens (including phenoxy) is 2. The summed E-state index contributed by atoms with van der Waals surface area (Å²) in [5.41, 5.74) is 0. The maximum absolute atomic E-state index is 6.14. The van der Waals surface area contributed by atoms with Gasteiger partial charge in [0.2, 0.25) is 0 Å². The summed E-state index contributed by atoms with van der Waals surface area (Å²) < 4.78 is 11.3. The molecule has 2 saturated heterocycles. The highest BCUT2D eigenvalue weighted by molar-refractivity contribution is 7.09. The zero-order chi connectivity index (χ0) is 12.4. The van der Waals surface area contributed by atoms with E-state index in [0.717, 1.165) is 19.6 Å². The Kier molecular flexibility index (Phi) is 3.99. The predicted octanol–water partition coefficient (Wildman–Crippen LogP) is 2.52. The van der Waals surface area contributed by atoms with Gasteiger partial charge in [0.1, 0.15) is 0 Å². The minimum absolute atomic E-state index is 0.318. The molecule has 3 atom stereocenters. The summed E-state index contributed by atoms with van der Waals surface area (Å²) >= 11 is 1.86. The number of methoxy groups -OCH3 is 1. The van der Waals surface area contributed by atoms with Gasteiger partial charge in [-0.25, -0.2) is 0 Å². The van der Waals surface area contributed by atoms with Gasteiger partial charge in [-0.05, 0) is 30.7 Å². The van der Waals surface area contributed by atoms with Crippen LogP contribution in [0.25, 0.3) is 0 Å². The van der Waals surface area contributed by atoms with Crippen molar-refractivity contribution in [2.45, 2.75) is 44.1 Å². The zero-order valence-electron chi connectivity index (χ0n) is 10.9. The number of hydrogen-bond acceptors (Lipinski definition) is 4. The molecule has 0 radical (unpaired) electrons. The molecule has 0 spiro atoms. The number of thiophene rings is 1.